The van der Waals surface area contributed by atoms with E-state index in [9.17, 15) is 0 Å². The number of guanidine groups is 1. The van der Waals surface area contributed by atoms with Crippen molar-refractivity contribution in [2.24, 2.45) is 10.9 Å². The van der Waals surface area contributed by atoms with Crippen LogP contribution in [0.15, 0.2) is 46.1 Å². The molecule has 0 radical (unpaired) electrons. The molecule has 25 heavy (non-hydrogen) atoms. The molecule has 7 heteroatoms. The lowest BCUT2D eigenvalue weighted by atomic mass is 10.2. The van der Waals surface area contributed by atoms with Crippen LogP contribution in [-0.4, -0.2) is 34.5 Å². The van der Waals surface area contributed by atoms with Crippen LogP contribution in [0.2, 0.25) is 0 Å². The predicted octanol–water partition coefficient (Wildman–Crippen LogP) is 4.13. The van der Waals surface area contributed by atoms with E-state index < -0.39 is 0 Å². The monoisotopic (exact) mass is 519 g/mol. The van der Waals surface area contributed by atoms with Gasteiger partial charge in [0, 0.05) is 44.1 Å². The molecular weight excluding hydrogens is 493 g/mol. The number of hydrogen-bond acceptors (Lipinski definition) is 2. The molecule has 138 valence electrons. The number of aromatic nitrogens is 2. The van der Waals surface area contributed by atoms with E-state index in [2.05, 4.69) is 66.7 Å². The lowest BCUT2D eigenvalue weighted by Crippen LogP contribution is -2.38. The van der Waals surface area contributed by atoms with Crippen molar-refractivity contribution >= 4 is 45.9 Å². The molecule has 2 rings (SSSR count). The van der Waals surface area contributed by atoms with Crippen LogP contribution in [0.5, 0.6) is 0 Å². The molecule has 1 heterocycles. The second kappa shape index (κ2) is 10.8. The highest BCUT2D eigenvalue weighted by atomic mass is 127. The molecule has 0 saturated carbocycles. The lowest BCUT2D eigenvalue weighted by Gasteiger charge is -2.23. The van der Waals surface area contributed by atoms with Crippen molar-refractivity contribution < 1.29 is 0 Å². The van der Waals surface area contributed by atoms with Crippen LogP contribution in [0.3, 0.4) is 0 Å². The molecule has 0 atom stereocenters. The van der Waals surface area contributed by atoms with Crippen molar-refractivity contribution in [3.8, 4) is 0 Å². The number of rotatable bonds is 6. The maximum absolute atomic E-state index is 4.45. The third kappa shape index (κ3) is 6.62. The Morgan fingerprint density at radius 1 is 1.36 bits per heavy atom. The van der Waals surface area contributed by atoms with E-state index in [-0.39, 0.29) is 24.0 Å². The smallest absolute Gasteiger partial charge is 0.194 e. The van der Waals surface area contributed by atoms with Gasteiger partial charge in [-0.25, -0.2) is 4.98 Å². The van der Waals surface area contributed by atoms with E-state index in [4.69, 9.17) is 0 Å². The minimum Gasteiger partial charge on any atom is -0.349 e. The Labute approximate surface area is 176 Å². The van der Waals surface area contributed by atoms with Crippen molar-refractivity contribution in [2.45, 2.75) is 33.5 Å². The van der Waals surface area contributed by atoms with Crippen LogP contribution in [0.1, 0.15) is 25.2 Å². The summed E-state index contributed by atoms with van der Waals surface area (Å²) in [5.41, 5.74) is 1.23. The van der Waals surface area contributed by atoms with Gasteiger partial charge < -0.3 is 14.8 Å². The maximum atomic E-state index is 4.45. The first-order chi connectivity index (χ1) is 11.5. The number of benzene rings is 1. The van der Waals surface area contributed by atoms with Gasteiger partial charge in [-0.15, -0.1) is 24.0 Å². The second-order valence-electron chi connectivity index (χ2n) is 6.24. The Bertz CT molecular complexity index is 684. The summed E-state index contributed by atoms with van der Waals surface area (Å²) >= 11 is 3.60. The summed E-state index contributed by atoms with van der Waals surface area (Å²) in [5, 5.41) is 3.40. The van der Waals surface area contributed by atoms with E-state index in [0.717, 1.165) is 29.3 Å². The molecule has 0 saturated heterocycles. The molecule has 0 aliphatic heterocycles. The van der Waals surface area contributed by atoms with Gasteiger partial charge in [0.05, 0.1) is 6.54 Å². The average molecular weight is 520 g/mol. The second-order valence-corrected chi connectivity index (χ2v) is 7.09. The van der Waals surface area contributed by atoms with Gasteiger partial charge in [-0.2, -0.15) is 0 Å². The van der Waals surface area contributed by atoms with Crippen LogP contribution in [-0.2, 0) is 19.6 Å². The molecule has 0 unspecified atom stereocenters. The highest BCUT2D eigenvalue weighted by molar-refractivity contribution is 14.0. The van der Waals surface area contributed by atoms with Gasteiger partial charge in [-0.1, -0.05) is 48.0 Å². The first-order valence-corrected chi connectivity index (χ1v) is 8.95. The fourth-order valence-corrected chi connectivity index (χ4v) is 2.98. The van der Waals surface area contributed by atoms with E-state index >= 15 is 0 Å². The molecule has 0 aliphatic rings. The van der Waals surface area contributed by atoms with Crippen molar-refractivity contribution in [1.82, 2.24) is 19.8 Å². The molecule has 1 aromatic carbocycles. The predicted molar refractivity (Wildman–Crippen MR) is 118 cm³/mol. The SMILES string of the molecule is CN=C(NCc1nccn1CC(C)C)N(C)Cc1ccccc1Br.I. The molecule has 0 fully saturated rings. The number of nitrogens with zero attached hydrogens (tertiary/aromatic N) is 4. The zero-order chi connectivity index (χ0) is 17.5. The minimum absolute atomic E-state index is 0. The molecule has 1 N–H and O–H groups in total. The highest BCUT2D eigenvalue weighted by Gasteiger charge is 2.10. The first kappa shape index (κ1) is 22.0. The van der Waals surface area contributed by atoms with Gasteiger partial charge in [-0.05, 0) is 17.5 Å². The summed E-state index contributed by atoms with van der Waals surface area (Å²) < 4.78 is 3.30. The molecule has 0 amide bonds. The summed E-state index contributed by atoms with van der Waals surface area (Å²) in [6.45, 7) is 6.83. The third-order valence-electron chi connectivity index (χ3n) is 3.71. The largest absolute Gasteiger partial charge is 0.349 e. The van der Waals surface area contributed by atoms with Gasteiger partial charge in [0.15, 0.2) is 5.96 Å². The Morgan fingerprint density at radius 3 is 2.72 bits per heavy atom. The van der Waals surface area contributed by atoms with Crippen molar-refractivity contribution in [2.75, 3.05) is 14.1 Å². The molecule has 1 aromatic heterocycles. The minimum atomic E-state index is 0. The van der Waals surface area contributed by atoms with E-state index in [1.54, 1.807) is 7.05 Å². The molecular formula is C18H27BrIN5. The van der Waals surface area contributed by atoms with E-state index in [1.807, 2.05) is 31.6 Å². The van der Waals surface area contributed by atoms with Gasteiger partial charge >= 0.3 is 0 Å². The molecule has 0 bridgehead atoms. The van der Waals surface area contributed by atoms with Gasteiger partial charge in [-0.3, -0.25) is 4.99 Å². The van der Waals surface area contributed by atoms with E-state index in [1.165, 1.54) is 5.56 Å². The Morgan fingerprint density at radius 2 is 2.08 bits per heavy atom. The number of hydrogen-bond donors (Lipinski definition) is 1. The van der Waals surface area contributed by atoms with Crippen molar-refractivity contribution in [1.29, 1.82) is 0 Å². The third-order valence-corrected chi connectivity index (χ3v) is 4.48. The van der Waals surface area contributed by atoms with Crippen molar-refractivity contribution in [3.05, 3.63) is 52.5 Å². The fourth-order valence-electron chi connectivity index (χ4n) is 2.57. The molecule has 0 spiro atoms. The van der Waals surface area contributed by atoms with Crippen LogP contribution in [0, 0.1) is 5.92 Å². The van der Waals surface area contributed by atoms with Gasteiger partial charge in [0.2, 0.25) is 0 Å². The summed E-state index contributed by atoms with van der Waals surface area (Å²) in [4.78, 5) is 10.9. The number of aliphatic imine (C=N–C) groups is 1. The number of imidazole rings is 1. The van der Waals surface area contributed by atoms with Crippen LogP contribution in [0.4, 0.5) is 0 Å². The Balaban J connectivity index is 0.00000312. The zero-order valence-corrected chi connectivity index (χ0v) is 19.2. The van der Waals surface area contributed by atoms with Crippen LogP contribution >= 0.6 is 39.9 Å². The average Bonchev–Trinajstić information content (AvgIpc) is 2.96. The van der Waals surface area contributed by atoms with Crippen LogP contribution in [0.25, 0.3) is 0 Å². The number of halogens is 2. The Hall–Kier alpha value is -1.09. The Kier molecular flexibility index (Phi) is 9.48. The maximum Gasteiger partial charge on any atom is 0.194 e. The standard InChI is InChI=1S/C18H26BrN5.HI/c1-14(2)12-24-10-9-21-17(24)11-22-18(20-3)23(4)13-15-7-5-6-8-16(15)19;/h5-10,14H,11-13H2,1-4H3,(H,20,22);1H. The quantitative estimate of drug-likeness (QED) is 0.354. The molecule has 2 aromatic rings. The lowest BCUT2D eigenvalue weighted by molar-refractivity contribution is 0.467. The number of nitrogens with one attached hydrogen (secondary N) is 1. The summed E-state index contributed by atoms with van der Waals surface area (Å²) in [6.07, 6.45) is 3.89. The summed E-state index contributed by atoms with van der Waals surface area (Å²) in [7, 11) is 3.84. The molecule has 5 nitrogen and oxygen atoms in total. The van der Waals surface area contributed by atoms with Gasteiger partial charge in [0.1, 0.15) is 5.82 Å². The highest BCUT2D eigenvalue weighted by Crippen LogP contribution is 2.17. The first-order valence-electron chi connectivity index (χ1n) is 8.16. The van der Waals surface area contributed by atoms with E-state index in [0.29, 0.717) is 12.5 Å². The van der Waals surface area contributed by atoms with Crippen molar-refractivity contribution in [3.63, 3.8) is 0 Å². The summed E-state index contributed by atoms with van der Waals surface area (Å²) in [5.74, 6) is 2.47. The van der Waals surface area contributed by atoms with Crippen LogP contribution < -0.4 is 5.32 Å². The fraction of sp³-hybridized carbons (Fsp3) is 0.444. The zero-order valence-electron chi connectivity index (χ0n) is 15.2. The normalized spacial score (nSPS) is 11.4. The summed E-state index contributed by atoms with van der Waals surface area (Å²) in [6, 6.07) is 8.24. The topological polar surface area (TPSA) is 45.5 Å². The van der Waals surface area contributed by atoms with Gasteiger partial charge in [0.25, 0.3) is 0 Å². The molecule has 0 aliphatic carbocycles.